The molecule has 3 atom stereocenters. The summed E-state index contributed by atoms with van der Waals surface area (Å²) in [5, 5.41) is 8.84. The Kier molecular flexibility index (Phi) is 13.8. The second-order valence-electron chi connectivity index (χ2n) is 12.6. The molecule has 0 saturated heterocycles. The minimum Gasteiger partial charge on any atom is -0.0622 e. The average Bonchev–Trinajstić information content (AvgIpc) is 3.15. The van der Waals surface area contributed by atoms with Gasteiger partial charge in [0.1, 0.15) is 0 Å². The zero-order valence-corrected chi connectivity index (χ0v) is 31.7. The van der Waals surface area contributed by atoms with Gasteiger partial charge in [0.15, 0.2) is 0 Å². The van der Waals surface area contributed by atoms with Gasteiger partial charge < -0.3 is 0 Å². The molecular formula is C45H49P3. The standard InChI is InChI=1S/C28H28P2.C17H21P/c1-23(29(25-15-7-3-8-16-25)26-17-9-4-10-18-26)24(2)30(27-19-11-5-12-20-27)28-21-13-6-14-22-28;1-14(2)15(3)18(16-10-6-4-7-11-16)17-12-8-5-9-13-17/h3-24H,1-2H3;4-15H,1-3H3/t23-,24-;15-/m01/s1. The third-order valence-electron chi connectivity index (χ3n) is 9.09. The molecule has 0 aliphatic heterocycles. The first kappa shape index (κ1) is 35.9. The van der Waals surface area contributed by atoms with E-state index in [4.69, 9.17) is 0 Å². The summed E-state index contributed by atoms with van der Waals surface area (Å²) in [6.07, 6.45) is 0. The maximum atomic E-state index is 2.47. The minimum absolute atomic E-state index is 0.252. The van der Waals surface area contributed by atoms with Crippen molar-refractivity contribution in [3.63, 3.8) is 0 Å². The molecule has 3 heteroatoms. The molecule has 6 rings (SSSR count). The number of hydrogen-bond donors (Lipinski definition) is 0. The van der Waals surface area contributed by atoms with Crippen molar-refractivity contribution in [2.45, 2.75) is 51.6 Å². The molecule has 0 aliphatic carbocycles. The van der Waals surface area contributed by atoms with Crippen molar-refractivity contribution in [2.75, 3.05) is 0 Å². The largest absolute Gasteiger partial charge is 0.0622 e. The van der Waals surface area contributed by atoms with Gasteiger partial charge in [-0.1, -0.05) is 217 Å². The molecule has 0 N–H and O–H groups in total. The molecule has 0 nitrogen and oxygen atoms in total. The van der Waals surface area contributed by atoms with Gasteiger partial charge in [0, 0.05) is 0 Å². The summed E-state index contributed by atoms with van der Waals surface area (Å²) in [5.41, 5.74) is 1.80. The summed E-state index contributed by atoms with van der Waals surface area (Å²) in [6.45, 7) is 12.0. The van der Waals surface area contributed by atoms with E-state index < -0.39 is 15.8 Å². The van der Waals surface area contributed by atoms with Gasteiger partial charge in [0.25, 0.3) is 0 Å². The van der Waals surface area contributed by atoms with Crippen LogP contribution in [0.5, 0.6) is 0 Å². The fourth-order valence-corrected chi connectivity index (χ4v) is 15.1. The van der Waals surface area contributed by atoms with Gasteiger partial charge in [-0.25, -0.2) is 0 Å². The fourth-order valence-electron chi connectivity index (χ4n) is 6.12. The summed E-state index contributed by atoms with van der Waals surface area (Å²) < 4.78 is 0. The molecule has 0 spiro atoms. The van der Waals surface area contributed by atoms with E-state index in [1.54, 1.807) is 0 Å². The first-order valence-corrected chi connectivity index (χ1v) is 21.4. The lowest BCUT2D eigenvalue weighted by atomic mass is 10.2. The maximum absolute atomic E-state index is 2.47. The third kappa shape index (κ3) is 9.40. The van der Waals surface area contributed by atoms with Crippen LogP contribution < -0.4 is 31.8 Å². The molecule has 6 aromatic rings. The van der Waals surface area contributed by atoms with E-state index in [2.05, 4.69) is 217 Å². The van der Waals surface area contributed by atoms with Gasteiger partial charge in [-0.15, -0.1) is 0 Å². The zero-order valence-electron chi connectivity index (χ0n) is 29.0. The molecule has 0 aliphatic rings. The van der Waals surface area contributed by atoms with Gasteiger partial charge in [-0.3, -0.25) is 0 Å². The van der Waals surface area contributed by atoms with Crippen LogP contribution in [0.2, 0.25) is 0 Å². The molecule has 0 saturated carbocycles. The van der Waals surface area contributed by atoms with Crippen molar-refractivity contribution in [1.29, 1.82) is 0 Å². The topological polar surface area (TPSA) is 0 Å². The summed E-state index contributed by atoms with van der Waals surface area (Å²) in [6, 6.07) is 66.4. The fraction of sp³-hybridized carbons (Fsp3) is 0.200. The van der Waals surface area contributed by atoms with Crippen LogP contribution in [0.3, 0.4) is 0 Å². The van der Waals surface area contributed by atoms with Gasteiger partial charge in [-0.2, -0.15) is 0 Å². The van der Waals surface area contributed by atoms with E-state index in [9.17, 15) is 0 Å². The summed E-state index contributed by atoms with van der Waals surface area (Å²) in [4.78, 5) is 0. The Bertz CT molecular complexity index is 1520. The smallest absolute Gasteiger partial charge is 0.00861 e. The lowest BCUT2D eigenvalue weighted by Gasteiger charge is -2.35. The quantitative estimate of drug-likeness (QED) is 0.119. The predicted octanol–water partition coefficient (Wildman–Crippen LogP) is 10.2. The van der Waals surface area contributed by atoms with Gasteiger partial charge in [0.05, 0.1) is 0 Å². The first-order valence-electron chi connectivity index (χ1n) is 17.1. The van der Waals surface area contributed by atoms with Crippen molar-refractivity contribution in [1.82, 2.24) is 0 Å². The van der Waals surface area contributed by atoms with E-state index in [0.29, 0.717) is 22.9 Å². The molecule has 0 bridgehead atoms. The van der Waals surface area contributed by atoms with E-state index in [1.807, 2.05) is 0 Å². The Labute approximate surface area is 294 Å². The maximum Gasteiger partial charge on any atom is -0.00861 e. The molecule has 0 heterocycles. The number of benzene rings is 6. The molecule has 48 heavy (non-hydrogen) atoms. The van der Waals surface area contributed by atoms with Crippen LogP contribution in [0.25, 0.3) is 0 Å². The number of hydrogen-bond acceptors (Lipinski definition) is 0. The first-order chi connectivity index (χ1) is 23.5. The van der Waals surface area contributed by atoms with E-state index in [-0.39, 0.29) is 7.92 Å². The molecule has 244 valence electrons. The van der Waals surface area contributed by atoms with Crippen molar-refractivity contribution in [3.05, 3.63) is 182 Å². The van der Waals surface area contributed by atoms with Gasteiger partial charge in [-0.05, 0) is 78.5 Å². The van der Waals surface area contributed by atoms with Crippen molar-refractivity contribution in [2.24, 2.45) is 5.92 Å². The summed E-state index contributed by atoms with van der Waals surface area (Å²) in [5.74, 6) is 0.705. The van der Waals surface area contributed by atoms with Crippen molar-refractivity contribution in [3.8, 4) is 0 Å². The average molecular weight is 683 g/mol. The van der Waals surface area contributed by atoms with Crippen molar-refractivity contribution >= 4 is 55.6 Å². The zero-order chi connectivity index (χ0) is 33.7. The van der Waals surface area contributed by atoms with Gasteiger partial charge in [0.2, 0.25) is 0 Å². The predicted molar refractivity (Wildman–Crippen MR) is 220 cm³/mol. The summed E-state index contributed by atoms with van der Waals surface area (Å²) >= 11 is 0. The second-order valence-corrected chi connectivity index (χ2v) is 20.4. The van der Waals surface area contributed by atoms with Crippen molar-refractivity contribution < 1.29 is 0 Å². The molecule has 0 aromatic heterocycles. The van der Waals surface area contributed by atoms with Crippen LogP contribution in [-0.2, 0) is 0 Å². The van der Waals surface area contributed by atoms with Crippen LogP contribution in [-0.4, -0.2) is 17.0 Å². The molecule has 6 aromatic carbocycles. The molecule has 0 radical (unpaired) electrons. The molecule has 0 fully saturated rings. The molecular weight excluding hydrogens is 633 g/mol. The lowest BCUT2D eigenvalue weighted by Crippen LogP contribution is -2.31. The Morgan fingerprint density at radius 2 is 0.417 bits per heavy atom. The summed E-state index contributed by atoms with van der Waals surface area (Å²) in [7, 11) is -1.15. The van der Waals surface area contributed by atoms with Crippen LogP contribution in [0.15, 0.2) is 182 Å². The highest BCUT2D eigenvalue weighted by Gasteiger charge is 2.32. The van der Waals surface area contributed by atoms with E-state index >= 15 is 0 Å². The Hall–Kier alpha value is -3.39. The molecule has 0 unspecified atom stereocenters. The van der Waals surface area contributed by atoms with Crippen LogP contribution in [0, 0.1) is 5.92 Å². The minimum atomic E-state index is -0.448. The van der Waals surface area contributed by atoms with Crippen LogP contribution in [0.4, 0.5) is 0 Å². The highest BCUT2D eigenvalue weighted by Crippen LogP contribution is 2.51. The SMILES string of the molecule is CC(C)[C@@H](C)P(c1ccccc1)c1ccccc1.C[C@@H]([C@H](C)P(c1ccccc1)c1ccccc1)P(c1ccccc1)c1ccccc1. The van der Waals surface area contributed by atoms with E-state index in [0.717, 1.165) is 0 Å². The molecule has 0 amide bonds. The lowest BCUT2D eigenvalue weighted by molar-refractivity contribution is 0.638. The van der Waals surface area contributed by atoms with Crippen LogP contribution in [0.1, 0.15) is 34.6 Å². The third-order valence-corrected chi connectivity index (χ3v) is 18.4. The van der Waals surface area contributed by atoms with Crippen LogP contribution >= 0.6 is 23.8 Å². The Balaban J connectivity index is 0.000000214. The Morgan fingerprint density at radius 3 is 0.583 bits per heavy atom. The number of rotatable bonds is 11. The van der Waals surface area contributed by atoms with Gasteiger partial charge >= 0.3 is 0 Å². The normalized spacial score (nSPS) is 13.2. The highest BCUT2D eigenvalue weighted by molar-refractivity contribution is 7.77. The monoisotopic (exact) mass is 682 g/mol. The Morgan fingerprint density at radius 1 is 0.250 bits per heavy atom. The highest BCUT2D eigenvalue weighted by atomic mass is 31.1. The second kappa shape index (κ2) is 18.4. The van der Waals surface area contributed by atoms with E-state index in [1.165, 1.54) is 31.8 Å².